The highest BCUT2D eigenvalue weighted by Gasteiger charge is 2.04. The molecule has 0 spiro atoms. The van der Waals surface area contributed by atoms with Gasteiger partial charge in [-0.1, -0.05) is 19.1 Å². The normalized spacial score (nSPS) is 12.2. The fourth-order valence-corrected chi connectivity index (χ4v) is 1.69. The van der Waals surface area contributed by atoms with Gasteiger partial charge < -0.3 is 10.5 Å². The van der Waals surface area contributed by atoms with Crippen molar-refractivity contribution in [1.82, 2.24) is 4.98 Å². The van der Waals surface area contributed by atoms with Crippen molar-refractivity contribution in [2.24, 2.45) is 5.73 Å². The molecule has 0 aliphatic rings. The zero-order valence-corrected chi connectivity index (χ0v) is 10.8. The number of halogens is 1. The third kappa shape index (κ3) is 4.03. The largest absolute Gasteiger partial charge is 0.439 e. The number of nitrogens with zero attached hydrogens (tertiary/aromatic N) is 1. The van der Waals surface area contributed by atoms with E-state index in [1.165, 1.54) is 12.1 Å². The van der Waals surface area contributed by atoms with Gasteiger partial charge in [-0.25, -0.2) is 9.37 Å². The van der Waals surface area contributed by atoms with E-state index < -0.39 is 0 Å². The Kier molecular flexibility index (Phi) is 4.47. The SMILES string of the molecule is CCC(N)Cc1ccc(Oc2cccc(F)c2)nc1. The Bertz CT molecular complexity index is 528. The standard InChI is InChI=1S/C15H17FN2O/c1-2-13(17)8-11-6-7-15(18-10-11)19-14-5-3-4-12(16)9-14/h3-7,9-10,13H,2,8,17H2,1H3. The molecular formula is C15H17FN2O. The number of aromatic nitrogens is 1. The van der Waals surface area contributed by atoms with E-state index in [9.17, 15) is 4.39 Å². The molecule has 0 radical (unpaired) electrons. The molecule has 1 heterocycles. The lowest BCUT2D eigenvalue weighted by Crippen LogP contribution is -2.21. The van der Waals surface area contributed by atoms with Crippen molar-refractivity contribution in [3.05, 3.63) is 54.0 Å². The summed E-state index contributed by atoms with van der Waals surface area (Å²) in [5.41, 5.74) is 6.95. The topological polar surface area (TPSA) is 48.1 Å². The minimum Gasteiger partial charge on any atom is -0.439 e. The highest BCUT2D eigenvalue weighted by molar-refractivity contribution is 5.28. The molecule has 0 saturated carbocycles. The third-order valence-corrected chi connectivity index (χ3v) is 2.84. The van der Waals surface area contributed by atoms with Crippen molar-refractivity contribution in [3.63, 3.8) is 0 Å². The first-order valence-electron chi connectivity index (χ1n) is 6.31. The lowest BCUT2D eigenvalue weighted by molar-refractivity contribution is 0.457. The van der Waals surface area contributed by atoms with Crippen LogP contribution in [0.1, 0.15) is 18.9 Å². The Morgan fingerprint density at radius 2 is 2.16 bits per heavy atom. The molecule has 0 fully saturated rings. The second-order valence-electron chi connectivity index (χ2n) is 4.44. The summed E-state index contributed by atoms with van der Waals surface area (Å²) in [7, 11) is 0. The predicted molar refractivity (Wildman–Crippen MR) is 72.7 cm³/mol. The van der Waals surface area contributed by atoms with Gasteiger partial charge in [-0.3, -0.25) is 0 Å². The van der Waals surface area contributed by atoms with Crippen LogP contribution in [-0.2, 0) is 6.42 Å². The lowest BCUT2D eigenvalue weighted by Gasteiger charge is -2.09. The van der Waals surface area contributed by atoms with Crippen LogP contribution in [-0.4, -0.2) is 11.0 Å². The first-order chi connectivity index (χ1) is 9.17. The minimum absolute atomic E-state index is 0.150. The Morgan fingerprint density at radius 1 is 1.32 bits per heavy atom. The zero-order valence-electron chi connectivity index (χ0n) is 10.8. The molecule has 0 saturated heterocycles. The number of hydrogen-bond donors (Lipinski definition) is 1. The number of rotatable bonds is 5. The van der Waals surface area contributed by atoms with E-state index in [1.54, 1.807) is 24.4 Å². The van der Waals surface area contributed by atoms with Crippen LogP contribution in [0.25, 0.3) is 0 Å². The van der Waals surface area contributed by atoms with Crippen molar-refractivity contribution in [3.8, 4) is 11.6 Å². The molecule has 2 N–H and O–H groups in total. The number of hydrogen-bond acceptors (Lipinski definition) is 3. The van der Waals surface area contributed by atoms with Gasteiger partial charge in [0.2, 0.25) is 5.88 Å². The maximum Gasteiger partial charge on any atom is 0.219 e. The van der Waals surface area contributed by atoms with Crippen LogP contribution in [0.2, 0.25) is 0 Å². The van der Waals surface area contributed by atoms with Crippen molar-refractivity contribution < 1.29 is 9.13 Å². The second-order valence-corrected chi connectivity index (χ2v) is 4.44. The molecule has 0 amide bonds. The van der Waals surface area contributed by atoms with Crippen LogP contribution in [0, 0.1) is 5.82 Å². The molecule has 1 atom stereocenters. The van der Waals surface area contributed by atoms with Gasteiger partial charge in [0.25, 0.3) is 0 Å². The average Bonchev–Trinajstić information content (AvgIpc) is 2.41. The molecule has 1 unspecified atom stereocenters. The monoisotopic (exact) mass is 260 g/mol. The minimum atomic E-state index is -0.331. The average molecular weight is 260 g/mol. The van der Waals surface area contributed by atoms with E-state index in [-0.39, 0.29) is 11.9 Å². The Balaban J connectivity index is 2.02. The molecule has 100 valence electrons. The summed E-state index contributed by atoms with van der Waals surface area (Å²) in [6, 6.07) is 9.82. The van der Waals surface area contributed by atoms with E-state index in [2.05, 4.69) is 11.9 Å². The van der Waals surface area contributed by atoms with Gasteiger partial charge in [-0.15, -0.1) is 0 Å². The highest BCUT2D eigenvalue weighted by Crippen LogP contribution is 2.20. The summed E-state index contributed by atoms with van der Waals surface area (Å²) in [5.74, 6) is 0.549. The number of nitrogens with two attached hydrogens (primary N) is 1. The van der Waals surface area contributed by atoms with Crippen LogP contribution in [0.5, 0.6) is 11.6 Å². The fraction of sp³-hybridized carbons (Fsp3) is 0.267. The van der Waals surface area contributed by atoms with Crippen LogP contribution < -0.4 is 10.5 Å². The van der Waals surface area contributed by atoms with Crippen LogP contribution in [0.15, 0.2) is 42.6 Å². The van der Waals surface area contributed by atoms with Crippen LogP contribution >= 0.6 is 0 Å². The molecule has 19 heavy (non-hydrogen) atoms. The van der Waals surface area contributed by atoms with Gasteiger partial charge >= 0.3 is 0 Å². The molecule has 0 aliphatic heterocycles. The fourth-order valence-electron chi connectivity index (χ4n) is 1.69. The van der Waals surface area contributed by atoms with E-state index in [1.807, 2.05) is 6.07 Å². The van der Waals surface area contributed by atoms with E-state index >= 15 is 0 Å². The summed E-state index contributed by atoms with van der Waals surface area (Å²) >= 11 is 0. The first kappa shape index (κ1) is 13.5. The molecular weight excluding hydrogens is 243 g/mol. The number of ether oxygens (including phenoxy) is 1. The maximum absolute atomic E-state index is 13.0. The van der Waals surface area contributed by atoms with Crippen LogP contribution in [0.4, 0.5) is 4.39 Å². The van der Waals surface area contributed by atoms with Gasteiger partial charge in [0, 0.05) is 24.4 Å². The van der Waals surface area contributed by atoms with Crippen molar-refractivity contribution >= 4 is 0 Å². The Hall–Kier alpha value is -1.94. The quantitative estimate of drug-likeness (QED) is 0.897. The van der Waals surface area contributed by atoms with Gasteiger partial charge in [-0.2, -0.15) is 0 Å². The summed E-state index contributed by atoms with van der Waals surface area (Å²) < 4.78 is 18.5. The number of pyridine rings is 1. The van der Waals surface area contributed by atoms with Crippen molar-refractivity contribution in [2.45, 2.75) is 25.8 Å². The van der Waals surface area contributed by atoms with Gasteiger partial charge in [0.05, 0.1) is 0 Å². The lowest BCUT2D eigenvalue weighted by atomic mass is 10.1. The highest BCUT2D eigenvalue weighted by atomic mass is 19.1. The zero-order chi connectivity index (χ0) is 13.7. The second kappa shape index (κ2) is 6.29. The smallest absolute Gasteiger partial charge is 0.219 e. The summed E-state index contributed by atoms with van der Waals surface area (Å²) in [4.78, 5) is 4.19. The van der Waals surface area contributed by atoms with Gasteiger partial charge in [-0.05, 0) is 30.5 Å². The van der Waals surface area contributed by atoms with Crippen molar-refractivity contribution in [1.29, 1.82) is 0 Å². The maximum atomic E-state index is 13.0. The molecule has 3 nitrogen and oxygen atoms in total. The Labute approximate surface area is 112 Å². The molecule has 0 bridgehead atoms. The molecule has 2 aromatic rings. The molecule has 2 rings (SSSR count). The summed E-state index contributed by atoms with van der Waals surface area (Å²) in [6.07, 6.45) is 3.47. The molecule has 1 aromatic heterocycles. The number of benzene rings is 1. The van der Waals surface area contributed by atoms with Gasteiger partial charge in [0.15, 0.2) is 0 Å². The molecule has 4 heteroatoms. The van der Waals surface area contributed by atoms with E-state index in [0.717, 1.165) is 18.4 Å². The van der Waals surface area contributed by atoms with Crippen molar-refractivity contribution in [2.75, 3.05) is 0 Å². The van der Waals surface area contributed by atoms with E-state index in [4.69, 9.17) is 10.5 Å². The van der Waals surface area contributed by atoms with E-state index in [0.29, 0.717) is 11.6 Å². The first-order valence-corrected chi connectivity index (χ1v) is 6.31. The summed E-state index contributed by atoms with van der Waals surface area (Å²) in [5, 5.41) is 0. The predicted octanol–water partition coefficient (Wildman–Crippen LogP) is 3.29. The molecule has 1 aromatic carbocycles. The Morgan fingerprint density at radius 3 is 2.79 bits per heavy atom. The van der Waals surface area contributed by atoms with Crippen LogP contribution in [0.3, 0.4) is 0 Å². The van der Waals surface area contributed by atoms with Gasteiger partial charge in [0.1, 0.15) is 11.6 Å². The molecule has 0 aliphatic carbocycles. The third-order valence-electron chi connectivity index (χ3n) is 2.84. The summed E-state index contributed by atoms with van der Waals surface area (Å²) in [6.45, 7) is 2.06.